The molecule has 1 aliphatic heterocycles. The molecule has 0 saturated carbocycles. The van der Waals surface area contributed by atoms with Crippen molar-refractivity contribution in [1.82, 2.24) is 5.32 Å². The number of amides is 1. The molecule has 5 unspecified atom stereocenters. The molecule has 1 heterocycles. The third-order valence-corrected chi connectivity index (χ3v) is 3.62. The van der Waals surface area contributed by atoms with E-state index >= 15 is 0 Å². The van der Waals surface area contributed by atoms with E-state index in [-0.39, 0.29) is 13.0 Å². The van der Waals surface area contributed by atoms with E-state index in [0.717, 1.165) is 20.8 Å². The molecule has 11 heteroatoms. The van der Waals surface area contributed by atoms with Gasteiger partial charge in [0.25, 0.3) is 0 Å². The van der Waals surface area contributed by atoms with Crippen molar-refractivity contribution in [3.05, 3.63) is 0 Å². The lowest BCUT2D eigenvalue weighted by Crippen LogP contribution is -2.66. The van der Waals surface area contributed by atoms with E-state index < -0.39 is 60.4 Å². The summed E-state index contributed by atoms with van der Waals surface area (Å²) in [6, 6.07) is 0. The van der Waals surface area contributed by atoms with Crippen molar-refractivity contribution in [2.75, 3.05) is 6.61 Å². The molecule has 0 radical (unpaired) electrons. The quantitative estimate of drug-likeness (QED) is 0.440. The minimum Gasteiger partial charge on any atom is -0.463 e. The van der Waals surface area contributed by atoms with Crippen LogP contribution in [-0.2, 0) is 47.7 Å². The predicted octanol–water partition coefficient (Wildman–Crippen LogP) is -0.404. The van der Waals surface area contributed by atoms with Gasteiger partial charge >= 0.3 is 23.9 Å². The highest BCUT2D eigenvalue weighted by Crippen LogP contribution is 2.28. The van der Waals surface area contributed by atoms with Crippen LogP contribution in [0.5, 0.6) is 0 Å². The minimum absolute atomic E-state index is 0.104. The zero-order valence-electron chi connectivity index (χ0n) is 16.4. The van der Waals surface area contributed by atoms with Crippen molar-refractivity contribution in [1.29, 1.82) is 0 Å². The van der Waals surface area contributed by atoms with Crippen LogP contribution in [0.4, 0.5) is 0 Å². The first-order chi connectivity index (χ1) is 13.0. The van der Waals surface area contributed by atoms with Crippen LogP contribution in [0.2, 0.25) is 0 Å². The lowest BCUT2D eigenvalue weighted by Gasteiger charge is -2.44. The van der Waals surface area contributed by atoms with Crippen molar-refractivity contribution >= 4 is 29.8 Å². The lowest BCUT2D eigenvalue weighted by atomic mass is 9.97. The summed E-state index contributed by atoms with van der Waals surface area (Å²) in [6.45, 7) is 5.78. The van der Waals surface area contributed by atoms with Crippen LogP contribution >= 0.6 is 0 Å². The summed E-state index contributed by atoms with van der Waals surface area (Å²) in [5.41, 5.74) is 0. The number of hydrogen-bond acceptors (Lipinski definition) is 10. The van der Waals surface area contributed by atoms with Crippen LogP contribution in [0.25, 0.3) is 0 Å². The first-order valence-electron chi connectivity index (χ1n) is 8.65. The van der Waals surface area contributed by atoms with E-state index in [1.165, 1.54) is 6.92 Å². The number of rotatable bonds is 7. The number of hydrogen-bond donors (Lipinski definition) is 1. The zero-order valence-corrected chi connectivity index (χ0v) is 16.4. The van der Waals surface area contributed by atoms with Gasteiger partial charge in [0.1, 0.15) is 12.7 Å². The van der Waals surface area contributed by atoms with E-state index in [9.17, 15) is 24.0 Å². The highest BCUT2D eigenvalue weighted by atomic mass is 16.7. The number of ether oxygens (including phenoxy) is 5. The van der Waals surface area contributed by atoms with Crippen LogP contribution in [0, 0.1) is 0 Å². The fraction of sp³-hybridized carbons (Fsp3) is 0.706. The van der Waals surface area contributed by atoms with Gasteiger partial charge < -0.3 is 29.0 Å². The third kappa shape index (κ3) is 7.14. The maximum atomic E-state index is 11.9. The van der Waals surface area contributed by atoms with E-state index in [1.54, 1.807) is 6.92 Å². The number of esters is 4. The number of nitrogens with one attached hydrogen (secondary N) is 1. The summed E-state index contributed by atoms with van der Waals surface area (Å²) < 4.78 is 26.3. The highest BCUT2D eigenvalue weighted by molar-refractivity contribution is 5.76. The summed E-state index contributed by atoms with van der Waals surface area (Å²) >= 11 is 0. The van der Waals surface area contributed by atoms with Crippen molar-refractivity contribution < 1.29 is 47.7 Å². The molecule has 1 saturated heterocycles. The first kappa shape index (κ1) is 23.3. The molecule has 0 spiro atoms. The summed E-state index contributed by atoms with van der Waals surface area (Å²) in [5, 5.41) is 2.51. The molecule has 0 aliphatic carbocycles. The Labute approximate surface area is 161 Å². The van der Waals surface area contributed by atoms with Gasteiger partial charge in [0.2, 0.25) is 5.91 Å². The summed E-state index contributed by atoms with van der Waals surface area (Å²) in [7, 11) is 0. The van der Waals surface area contributed by atoms with E-state index in [1.807, 2.05) is 0 Å². The van der Waals surface area contributed by atoms with Gasteiger partial charge in [0.05, 0.1) is 0 Å². The van der Waals surface area contributed by atoms with Gasteiger partial charge in [0.15, 0.2) is 24.5 Å². The smallest absolute Gasteiger partial charge is 0.303 e. The Hall–Kier alpha value is -2.69. The molecule has 0 aromatic heterocycles. The Morgan fingerprint density at radius 2 is 1.29 bits per heavy atom. The monoisotopic (exact) mass is 403 g/mol. The summed E-state index contributed by atoms with van der Waals surface area (Å²) in [6.07, 6.45) is -6.07. The van der Waals surface area contributed by atoms with Crippen LogP contribution < -0.4 is 5.32 Å². The molecule has 0 aromatic carbocycles. The molecule has 11 nitrogen and oxygen atoms in total. The molecule has 1 amide bonds. The van der Waals surface area contributed by atoms with Gasteiger partial charge in [0, 0.05) is 34.1 Å². The average Bonchev–Trinajstić information content (AvgIpc) is 2.57. The van der Waals surface area contributed by atoms with Crippen molar-refractivity contribution in [3.63, 3.8) is 0 Å². The molecule has 1 rings (SSSR count). The largest absolute Gasteiger partial charge is 0.463 e. The molecule has 0 bridgehead atoms. The molecule has 1 N–H and O–H groups in total. The van der Waals surface area contributed by atoms with E-state index in [2.05, 4.69) is 5.32 Å². The number of carbonyl (C=O) groups excluding carboxylic acids is 5. The van der Waals surface area contributed by atoms with Crippen LogP contribution in [0.3, 0.4) is 0 Å². The highest BCUT2D eigenvalue weighted by Gasteiger charge is 2.52. The topological polar surface area (TPSA) is 144 Å². The Balaban J connectivity index is 3.30. The average molecular weight is 403 g/mol. The Morgan fingerprint density at radius 1 is 0.786 bits per heavy atom. The summed E-state index contributed by atoms with van der Waals surface area (Å²) in [5.74, 6) is -3.25. The van der Waals surface area contributed by atoms with Crippen LogP contribution in [0.15, 0.2) is 0 Å². The van der Waals surface area contributed by atoms with Gasteiger partial charge in [-0.2, -0.15) is 0 Å². The van der Waals surface area contributed by atoms with Gasteiger partial charge in [-0.25, -0.2) is 0 Å². The zero-order chi connectivity index (χ0) is 21.4. The standard InChI is InChI=1S/C17H25NO10/c1-6-13(23)18-17-16(27-11(5)22)15(26-10(4)21)14(25-9(3)20)12(28-17)7-24-8(2)19/h12,14-17H,6-7H2,1-5H3,(H,18,23). The Morgan fingerprint density at radius 3 is 1.75 bits per heavy atom. The first-order valence-corrected chi connectivity index (χ1v) is 8.65. The Bertz CT molecular complexity index is 619. The molecule has 28 heavy (non-hydrogen) atoms. The fourth-order valence-electron chi connectivity index (χ4n) is 2.61. The molecule has 1 fully saturated rings. The van der Waals surface area contributed by atoms with Crippen LogP contribution in [0.1, 0.15) is 41.0 Å². The molecular weight excluding hydrogens is 378 g/mol. The molecule has 1 aliphatic rings. The van der Waals surface area contributed by atoms with Crippen molar-refractivity contribution in [2.45, 2.75) is 71.7 Å². The van der Waals surface area contributed by atoms with E-state index in [0.29, 0.717) is 0 Å². The van der Waals surface area contributed by atoms with Crippen LogP contribution in [-0.4, -0.2) is 67.0 Å². The van der Waals surface area contributed by atoms with Gasteiger partial charge in [-0.15, -0.1) is 0 Å². The fourth-order valence-corrected chi connectivity index (χ4v) is 2.61. The maximum absolute atomic E-state index is 11.9. The second kappa shape index (κ2) is 10.6. The van der Waals surface area contributed by atoms with E-state index in [4.69, 9.17) is 23.7 Å². The molecule has 158 valence electrons. The minimum atomic E-state index is -1.30. The summed E-state index contributed by atoms with van der Waals surface area (Å²) in [4.78, 5) is 57.8. The lowest BCUT2D eigenvalue weighted by molar-refractivity contribution is -0.256. The third-order valence-electron chi connectivity index (χ3n) is 3.62. The Kier molecular flexibility index (Phi) is 8.83. The second-order valence-corrected chi connectivity index (χ2v) is 6.04. The van der Waals surface area contributed by atoms with Gasteiger partial charge in [-0.05, 0) is 0 Å². The van der Waals surface area contributed by atoms with Gasteiger partial charge in [-0.3, -0.25) is 24.0 Å². The molecule has 0 aromatic rings. The SMILES string of the molecule is CCC(=O)NC1OC(COC(C)=O)C(OC(C)=O)C(OC(C)=O)C1OC(C)=O. The molecule has 5 atom stereocenters. The van der Waals surface area contributed by atoms with Crippen molar-refractivity contribution in [2.24, 2.45) is 0 Å². The van der Waals surface area contributed by atoms with Gasteiger partial charge in [-0.1, -0.05) is 6.92 Å². The maximum Gasteiger partial charge on any atom is 0.303 e. The molecular formula is C17H25NO10. The normalized spacial score (nSPS) is 26.5. The number of carbonyl (C=O) groups is 5. The predicted molar refractivity (Wildman–Crippen MR) is 90.4 cm³/mol. The van der Waals surface area contributed by atoms with Crippen molar-refractivity contribution in [3.8, 4) is 0 Å². The second-order valence-electron chi connectivity index (χ2n) is 6.04.